The molecule has 5 nitrogen and oxygen atoms in total. The molecule has 0 heterocycles. The lowest BCUT2D eigenvalue weighted by Crippen LogP contribution is -2.31. The third kappa shape index (κ3) is 5.66. The van der Waals surface area contributed by atoms with E-state index in [1.165, 1.54) is 0 Å². The van der Waals surface area contributed by atoms with Crippen LogP contribution in [0.1, 0.15) is 31.9 Å². The fourth-order valence-electron chi connectivity index (χ4n) is 2.24. The van der Waals surface area contributed by atoms with Crippen LogP contribution in [0, 0.1) is 0 Å². The Kier molecular flexibility index (Phi) is 7.91. The number of carbonyl (C=O) groups excluding carboxylic acids is 1. The fourth-order valence-corrected chi connectivity index (χ4v) is 2.24. The van der Waals surface area contributed by atoms with Gasteiger partial charge in [0.2, 0.25) is 0 Å². The minimum Gasteiger partial charge on any atom is -0.496 e. The highest BCUT2D eigenvalue weighted by atomic mass is 16.6. The average Bonchev–Trinajstić information content (AvgIpc) is 2.47. The number of aliphatic hydroxyl groups is 1. The normalized spacial score (nSPS) is 12.3. The molecule has 0 amide bonds. The molecule has 0 aromatic heterocycles. The smallest absolute Gasteiger partial charge is 0.335 e. The Labute approximate surface area is 132 Å². The van der Waals surface area contributed by atoms with Crippen LogP contribution in [-0.2, 0) is 27.1 Å². The third-order valence-electron chi connectivity index (χ3n) is 3.13. The van der Waals surface area contributed by atoms with Crippen LogP contribution in [0.25, 0.3) is 0 Å². The van der Waals surface area contributed by atoms with Crippen molar-refractivity contribution in [1.82, 2.24) is 0 Å². The zero-order valence-electron chi connectivity index (χ0n) is 13.8. The lowest BCUT2D eigenvalue weighted by atomic mass is 10.0. The number of rotatable bonds is 9. The summed E-state index contributed by atoms with van der Waals surface area (Å²) in [5, 5.41) is 9.14. The molecule has 1 aromatic rings. The number of aliphatic hydroxyl groups excluding tert-OH is 1. The molecular formula is C17H26O5. The zero-order valence-corrected chi connectivity index (χ0v) is 13.8. The van der Waals surface area contributed by atoms with Gasteiger partial charge in [-0.1, -0.05) is 12.1 Å². The van der Waals surface area contributed by atoms with Gasteiger partial charge in [-0.2, -0.15) is 0 Å². The number of benzene rings is 1. The van der Waals surface area contributed by atoms with Gasteiger partial charge in [-0.3, -0.25) is 0 Å². The number of hydrogen-bond acceptors (Lipinski definition) is 5. The minimum absolute atomic E-state index is 0.0453. The Balaban J connectivity index is 2.91. The van der Waals surface area contributed by atoms with Crippen molar-refractivity contribution in [2.24, 2.45) is 0 Å². The largest absolute Gasteiger partial charge is 0.496 e. The Morgan fingerprint density at radius 2 is 2.05 bits per heavy atom. The monoisotopic (exact) mass is 310 g/mol. The van der Waals surface area contributed by atoms with Crippen LogP contribution in [-0.4, -0.2) is 43.6 Å². The van der Waals surface area contributed by atoms with E-state index in [2.05, 4.69) is 0 Å². The molecule has 0 fully saturated rings. The van der Waals surface area contributed by atoms with Gasteiger partial charge in [0.05, 0.1) is 19.8 Å². The van der Waals surface area contributed by atoms with Crippen LogP contribution in [0.5, 0.6) is 5.75 Å². The first-order valence-corrected chi connectivity index (χ1v) is 7.60. The van der Waals surface area contributed by atoms with Crippen molar-refractivity contribution in [3.8, 4) is 5.75 Å². The number of carbonyl (C=O) groups is 1. The molecule has 0 bridgehead atoms. The molecule has 1 aromatic carbocycles. The maximum absolute atomic E-state index is 12.0. The first-order valence-electron chi connectivity index (χ1n) is 7.60. The van der Waals surface area contributed by atoms with Gasteiger partial charge in [-0.15, -0.1) is 0 Å². The van der Waals surface area contributed by atoms with Crippen LogP contribution in [0.15, 0.2) is 18.2 Å². The predicted octanol–water partition coefficient (Wildman–Crippen LogP) is 2.13. The molecule has 1 rings (SSSR count). The highest BCUT2D eigenvalue weighted by molar-refractivity contribution is 5.75. The van der Waals surface area contributed by atoms with Gasteiger partial charge in [0.1, 0.15) is 5.75 Å². The zero-order chi connectivity index (χ0) is 16.5. The van der Waals surface area contributed by atoms with E-state index in [9.17, 15) is 4.79 Å². The second kappa shape index (κ2) is 9.43. The second-order valence-corrected chi connectivity index (χ2v) is 5.25. The number of hydrogen-bond donors (Lipinski definition) is 1. The van der Waals surface area contributed by atoms with Gasteiger partial charge in [-0.05, 0) is 44.4 Å². The topological polar surface area (TPSA) is 65.0 Å². The van der Waals surface area contributed by atoms with Crippen molar-refractivity contribution in [1.29, 1.82) is 0 Å². The van der Waals surface area contributed by atoms with Gasteiger partial charge in [-0.25, -0.2) is 4.79 Å². The standard InChI is InChI=1S/C17H26O5/c1-5-21-17(19)16(22-12(2)3)11-13-6-7-15(20-4)14(10-13)8-9-18/h6-7,10,12,16,18H,5,8-9,11H2,1-4H3. The minimum atomic E-state index is -0.629. The number of ether oxygens (including phenoxy) is 3. The molecule has 0 aliphatic carbocycles. The van der Waals surface area contributed by atoms with Crippen LogP contribution < -0.4 is 4.74 Å². The van der Waals surface area contributed by atoms with Crippen LogP contribution >= 0.6 is 0 Å². The summed E-state index contributed by atoms with van der Waals surface area (Å²) in [6.07, 6.45) is 0.242. The lowest BCUT2D eigenvalue weighted by molar-refractivity contribution is -0.159. The van der Waals surface area contributed by atoms with E-state index in [1.807, 2.05) is 32.0 Å². The molecule has 0 aliphatic rings. The summed E-state index contributed by atoms with van der Waals surface area (Å²) in [7, 11) is 1.60. The van der Waals surface area contributed by atoms with E-state index in [-0.39, 0.29) is 18.7 Å². The second-order valence-electron chi connectivity index (χ2n) is 5.25. The summed E-state index contributed by atoms with van der Waals surface area (Å²) >= 11 is 0. The van der Waals surface area contributed by atoms with Crippen LogP contribution in [0.4, 0.5) is 0 Å². The Morgan fingerprint density at radius 3 is 2.59 bits per heavy atom. The highest BCUT2D eigenvalue weighted by Gasteiger charge is 2.22. The molecule has 22 heavy (non-hydrogen) atoms. The van der Waals surface area contributed by atoms with Crippen LogP contribution in [0.3, 0.4) is 0 Å². The van der Waals surface area contributed by atoms with Crippen LogP contribution in [0.2, 0.25) is 0 Å². The van der Waals surface area contributed by atoms with Gasteiger partial charge in [0, 0.05) is 13.0 Å². The molecule has 124 valence electrons. The third-order valence-corrected chi connectivity index (χ3v) is 3.13. The van der Waals surface area contributed by atoms with Gasteiger partial charge in [0.25, 0.3) is 0 Å². The molecule has 1 N–H and O–H groups in total. The molecule has 0 spiro atoms. The Bertz CT molecular complexity index is 470. The molecule has 5 heteroatoms. The quantitative estimate of drug-likeness (QED) is 0.708. The van der Waals surface area contributed by atoms with E-state index in [0.717, 1.165) is 16.9 Å². The first-order chi connectivity index (χ1) is 10.5. The fraction of sp³-hybridized carbons (Fsp3) is 0.588. The van der Waals surface area contributed by atoms with E-state index < -0.39 is 6.10 Å². The van der Waals surface area contributed by atoms with E-state index in [4.69, 9.17) is 19.3 Å². The molecule has 0 aliphatic heterocycles. The summed E-state index contributed by atoms with van der Waals surface area (Å²) in [5.41, 5.74) is 1.86. The summed E-state index contributed by atoms with van der Waals surface area (Å²) < 4.78 is 16.0. The van der Waals surface area contributed by atoms with Crippen molar-refractivity contribution in [2.75, 3.05) is 20.3 Å². The number of esters is 1. The summed E-state index contributed by atoms with van der Waals surface area (Å²) in [6.45, 7) is 5.92. The first kappa shape index (κ1) is 18.5. The Morgan fingerprint density at radius 1 is 1.32 bits per heavy atom. The van der Waals surface area contributed by atoms with Crippen molar-refractivity contribution < 1.29 is 24.1 Å². The lowest BCUT2D eigenvalue weighted by Gasteiger charge is -2.19. The SMILES string of the molecule is CCOC(=O)C(Cc1ccc(OC)c(CCO)c1)OC(C)C. The summed E-state index contributed by atoms with van der Waals surface area (Å²) in [4.78, 5) is 12.0. The maximum Gasteiger partial charge on any atom is 0.335 e. The maximum atomic E-state index is 12.0. The summed E-state index contributed by atoms with van der Waals surface area (Å²) in [6, 6.07) is 5.68. The van der Waals surface area contributed by atoms with Crippen molar-refractivity contribution in [3.63, 3.8) is 0 Å². The molecule has 0 radical (unpaired) electrons. The van der Waals surface area contributed by atoms with Gasteiger partial charge >= 0.3 is 5.97 Å². The molecule has 1 atom stereocenters. The Hall–Kier alpha value is -1.59. The van der Waals surface area contributed by atoms with Gasteiger partial charge < -0.3 is 19.3 Å². The summed E-state index contributed by atoms with van der Waals surface area (Å²) in [5.74, 6) is 0.381. The molecule has 1 unspecified atom stereocenters. The number of methoxy groups -OCH3 is 1. The van der Waals surface area contributed by atoms with Gasteiger partial charge in [0.15, 0.2) is 6.10 Å². The predicted molar refractivity (Wildman–Crippen MR) is 84.1 cm³/mol. The highest BCUT2D eigenvalue weighted by Crippen LogP contribution is 2.22. The molecule has 0 saturated heterocycles. The van der Waals surface area contributed by atoms with E-state index in [1.54, 1.807) is 14.0 Å². The van der Waals surface area contributed by atoms with Crippen molar-refractivity contribution in [3.05, 3.63) is 29.3 Å². The van der Waals surface area contributed by atoms with E-state index in [0.29, 0.717) is 19.4 Å². The van der Waals surface area contributed by atoms with E-state index >= 15 is 0 Å². The average molecular weight is 310 g/mol. The van der Waals surface area contributed by atoms with Crippen molar-refractivity contribution in [2.45, 2.75) is 45.8 Å². The molecule has 0 saturated carbocycles. The van der Waals surface area contributed by atoms with Crippen molar-refractivity contribution >= 4 is 5.97 Å². The molecular weight excluding hydrogens is 284 g/mol.